The van der Waals surface area contributed by atoms with Crippen molar-refractivity contribution >= 4 is 22.9 Å². The third kappa shape index (κ3) is 1.80. The lowest BCUT2D eigenvalue weighted by Crippen LogP contribution is -2.21. The predicted molar refractivity (Wildman–Crippen MR) is 67.5 cm³/mol. The van der Waals surface area contributed by atoms with Crippen molar-refractivity contribution in [3.8, 4) is 5.75 Å². The zero-order chi connectivity index (χ0) is 11.8. The fraction of sp³-hybridized carbons (Fsp3) is 0.154. The third-order valence-electron chi connectivity index (χ3n) is 2.97. The largest absolute Gasteiger partial charge is 0.508 e. The van der Waals surface area contributed by atoms with Gasteiger partial charge in [-0.25, -0.2) is 0 Å². The van der Waals surface area contributed by atoms with E-state index in [1.807, 2.05) is 23.6 Å². The van der Waals surface area contributed by atoms with E-state index in [0.717, 1.165) is 11.3 Å². The topological polar surface area (TPSA) is 49.3 Å². The van der Waals surface area contributed by atoms with E-state index in [4.69, 9.17) is 0 Å². The molecule has 2 aromatic rings. The highest BCUT2D eigenvalue weighted by atomic mass is 32.1. The molecule has 0 spiro atoms. The lowest BCUT2D eigenvalue weighted by molar-refractivity contribution is -0.116. The number of phenols is 1. The second-order valence-electron chi connectivity index (χ2n) is 4.09. The maximum atomic E-state index is 11.6. The van der Waals surface area contributed by atoms with Crippen LogP contribution in [0.4, 0.5) is 5.69 Å². The zero-order valence-electron chi connectivity index (χ0n) is 9.01. The number of thiophene rings is 1. The molecule has 1 amide bonds. The van der Waals surface area contributed by atoms with Crippen molar-refractivity contribution in [2.45, 2.75) is 12.3 Å². The van der Waals surface area contributed by atoms with Crippen LogP contribution in [0.25, 0.3) is 0 Å². The molecular weight excluding hydrogens is 234 g/mol. The molecule has 4 heteroatoms. The molecule has 17 heavy (non-hydrogen) atoms. The molecule has 0 aliphatic carbocycles. The molecule has 2 heterocycles. The van der Waals surface area contributed by atoms with Gasteiger partial charge in [0.15, 0.2) is 0 Å². The van der Waals surface area contributed by atoms with E-state index in [0.29, 0.717) is 6.42 Å². The van der Waals surface area contributed by atoms with Gasteiger partial charge in [-0.15, -0.1) is 11.3 Å². The summed E-state index contributed by atoms with van der Waals surface area (Å²) >= 11 is 1.66. The van der Waals surface area contributed by atoms with Crippen LogP contribution in [0, 0.1) is 0 Å². The highest BCUT2D eigenvalue weighted by Gasteiger charge is 2.27. The summed E-state index contributed by atoms with van der Waals surface area (Å²) in [7, 11) is 0. The van der Waals surface area contributed by atoms with E-state index in [1.54, 1.807) is 23.5 Å². The second-order valence-corrected chi connectivity index (χ2v) is 5.04. The number of rotatable bonds is 1. The number of fused-ring (bicyclic) bond motifs is 1. The number of amides is 1. The summed E-state index contributed by atoms with van der Waals surface area (Å²) in [5.74, 6) is 0.411. The summed E-state index contributed by atoms with van der Waals surface area (Å²) in [5, 5.41) is 14.1. The van der Waals surface area contributed by atoms with Crippen LogP contribution in [-0.4, -0.2) is 11.0 Å². The smallest absolute Gasteiger partial charge is 0.225 e. The average Bonchev–Trinajstić information content (AvgIpc) is 2.77. The lowest BCUT2D eigenvalue weighted by atomic mass is 9.91. The van der Waals surface area contributed by atoms with Gasteiger partial charge < -0.3 is 10.4 Å². The first-order valence-corrected chi connectivity index (χ1v) is 6.28. The third-order valence-corrected chi connectivity index (χ3v) is 4.00. The highest BCUT2D eigenvalue weighted by molar-refractivity contribution is 7.10. The molecule has 1 atom stereocenters. The SMILES string of the molecule is O=C1C[C@H](c2ccc(O)cc2)c2sccc2N1. The van der Waals surface area contributed by atoms with Crippen LogP contribution in [0.2, 0.25) is 0 Å². The minimum atomic E-state index is 0.0500. The number of carbonyl (C=O) groups excluding carboxylic acids is 1. The highest BCUT2D eigenvalue weighted by Crippen LogP contribution is 2.40. The monoisotopic (exact) mass is 245 g/mol. The van der Waals surface area contributed by atoms with Gasteiger partial charge in [0.05, 0.1) is 5.69 Å². The fourth-order valence-electron chi connectivity index (χ4n) is 2.15. The maximum absolute atomic E-state index is 11.6. The molecule has 1 aliphatic rings. The quantitative estimate of drug-likeness (QED) is 0.811. The molecule has 86 valence electrons. The fourth-order valence-corrected chi connectivity index (χ4v) is 3.13. The molecule has 3 rings (SSSR count). The number of nitrogens with one attached hydrogen (secondary N) is 1. The number of carbonyl (C=O) groups is 1. The first-order chi connectivity index (χ1) is 8.24. The Bertz CT molecular complexity index is 559. The minimum Gasteiger partial charge on any atom is -0.508 e. The van der Waals surface area contributed by atoms with Crippen LogP contribution in [0.15, 0.2) is 35.7 Å². The second kappa shape index (κ2) is 3.89. The normalized spacial score (nSPS) is 18.6. The van der Waals surface area contributed by atoms with Crippen LogP contribution >= 0.6 is 11.3 Å². The molecule has 0 fully saturated rings. The van der Waals surface area contributed by atoms with Crippen molar-refractivity contribution in [2.75, 3.05) is 5.32 Å². The summed E-state index contributed by atoms with van der Waals surface area (Å²) in [4.78, 5) is 12.8. The van der Waals surface area contributed by atoms with Gasteiger partial charge >= 0.3 is 0 Å². The molecule has 0 radical (unpaired) electrons. The molecule has 0 bridgehead atoms. The molecule has 2 N–H and O–H groups in total. The van der Waals surface area contributed by atoms with Crippen molar-refractivity contribution in [1.29, 1.82) is 0 Å². The zero-order valence-corrected chi connectivity index (χ0v) is 9.83. The molecule has 0 unspecified atom stereocenters. The van der Waals surface area contributed by atoms with Crippen molar-refractivity contribution < 1.29 is 9.90 Å². The van der Waals surface area contributed by atoms with Crippen molar-refractivity contribution in [3.05, 3.63) is 46.2 Å². The van der Waals surface area contributed by atoms with Crippen molar-refractivity contribution in [3.63, 3.8) is 0 Å². The van der Waals surface area contributed by atoms with E-state index in [9.17, 15) is 9.90 Å². The molecule has 3 nitrogen and oxygen atoms in total. The van der Waals surface area contributed by atoms with Gasteiger partial charge in [-0.3, -0.25) is 4.79 Å². The number of phenolic OH excluding ortho intramolecular Hbond substituents is 1. The number of hydrogen-bond acceptors (Lipinski definition) is 3. The molecule has 0 saturated carbocycles. The molecule has 0 saturated heterocycles. The van der Waals surface area contributed by atoms with Gasteiger partial charge in [0.25, 0.3) is 0 Å². The van der Waals surface area contributed by atoms with Crippen LogP contribution in [0.1, 0.15) is 22.8 Å². The summed E-state index contributed by atoms with van der Waals surface area (Å²) in [6.07, 6.45) is 0.471. The van der Waals surface area contributed by atoms with E-state index < -0.39 is 0 Å². The Morgan fingerprint density at radius 1 is 1.24 bits per heavy atom. The summed E-state index contributed by atoms with van der Waals surface area (Å²) in [6.45, 7) is 0. The Kier molecular flexibility index (Phi) is 2.37. The van der Waals surface area contributed by atoms with Gasteiger partial charge in [-0.2, -0.15) is 0 Å². The van der Waals surface area contributed by atoms with Crippen LogP contribution in [0.5, 0.6) is 5.75 Å². The maximum Gasteiger partial charge on any atom is 0.225 e. The molecular formula is C13H11NO2S. The average molecular weight is 245 g/mol. The molecule has 1 aliphatic heterocycles. The standard InChI is InChI=1S/C13H11NO2S/c15-9-3-1-8(2-4-9)10-7-12(16)14-11-5-6-17-13(10)11/h1-6,10,15H,7H2,(H,14,16)/t10-/m1/s1. The molecule has 1 aromatic heterocycles. The Labute approximate surface area is 103 Å². The van der Waals surface area contributed by atoms with E-state index in [1.165, 1.54) is 4.88 Å². The van der Waals surface area contributed by atoms with E-state index in [-0.39, 0.29) is 17.6 Å². The molecule has 1 aromatic carbocycles. The number of anilines is 1. The summed E-state index contributed by atoms with van der Waals surface area (Å²) < 4.78 is 0. The first-order valence-electron chi connectivity index (χ1n) is 5.40. The van der Waals surface area contributed by atoms with Gasteiger partial charge in [0.1, 0.15) is 5.75 Å². The Morgan fingerprint density at radius 3 is 2.76 bits per heavy atom. The van der Waals surface area contributed by atoms with Gasteiger partial charge in [-0.05, 0) is 29.1 Å². The van der Waals surface area contributed by atoms with Crippen LogP contribution < -0.4 is 5.32 Å². The number of benzene rings is 1. The Balaban J connectivity index is 2.04. The van der Waals surface area contributed by atoms with Gasteiger partial charge in [-0.1, -0.05) is 12.1 Å². The number of hydrogen-bond donors (Lipinski definition) is 2. The Hall–Kier alpha value is -1.81. The van der Waals surface area contributed by atoms with Crippen LogP contribution in [0.3, 0.4) is 0 Å². The first kappa shape index (κ1) is 10.4. The summed E-state index contributed by atoms with van der Waals surface area (Å²) in [5.41, 5.74) is 1.99. The van der Waals surface area contributed by atoms with E-state index in [2.05, 4.69) is 5.32 Å². The summed E-state index contributed by atoms with van der Waals surface area (Å²) in [6, 6.07) is 9.01. The predicted octanol–water partition coefficient (Wildman–Crippen LogP) is 2.93. The van der Waals surface area contributed by atoms with Crippen molar-refractivity contribution in [1.82, 2.24) is 0 Å². The lowest BCUT2D eigenvalue weighted by Gasteiger charge is -2.22. The van der Waals surface area contributed by atoms with Gasteiger partial charge in [0, 0.05) is 17.2 Å². The van der Waals surface area contributed by atoms with Crippen LogP contribution in [-0.2, 0) is 4.79 Å². The minimum absolute atomic E-state index is 0.0500. The van der Waals surface area contributed by atoms with E-state index >= 15 is 0 Å². The van der Waals surface area contributed by atoms with Gasteiger partial charge in [0.2, 0.25) is 5.91 Å². The number of aromatic hydroxyl groups is 1. The van der Waals surface area contributed by atoms with Crippen molar-refractivity contribution in [2.24, 2.45) is 0 Å². The Morgan fingerprint density at radius 2 is 2.00 bits per heavy atom.